The van der Waals surface area contributed by atoms with E-state index in [1.54, 1.807) is 31.2 Å². The highest BCUT2D eigenvalue weighted by Gasteiger charge is 2.28. The fourth-order valence-electron chi connectivity index (χ4n) is 2.96. The minimum atomic E-state index is -0.775. The minimum Gasteiger partial charge on any atom is -0.416 e. The van der Waals surface area contributed by atoms with E-state index in [1.165, 1.54) is 0 Å². The van der Waals surface area contributed by atoms with Crippen LogP contribution in [-0.2, 0) is 5.54 Å². The summed E-state index contributed by atoms with van der Waals surface area (Å²) in [6.45, 7) is 7.34. The molecule has 30 heavy (non-hydrogen) atoms. The monoisotopic (exact) mass is 403 g/mol. The topological polar surface area (TPSA) is 107 Å². The van der Waals surface area contributed by atoms with Gasteiger partial charge < -0.3 is 14.3 Å². The average molecular weight is 403 g/mol. The van der Waals surface area contributed by atoms with E-state index in [4.69, 9.17) is 8.94 Å². The Balaban J connectivity index is 1.50. The Morgan fingerprint density at radius 2 is 1.67 bits per heavy atom. The zero-order valence-electron chi connectivity index (χ0n) is 17.1. The predicted octanol–water partition coefficient (Wildman–Crippen LogP) is 4.07. The maximum atomic E-state index is 12.7. The molecule has 0 aliphatic carbocycles. The van der Waals surface area contributed by atoms with Crippen molar-refractivity contribution in [2.75, 3.05) is 0 Å². The van der Waals surface area contributed by atoms with Crippen molar-refractivity contribution in [3.05, 3.63) is 71.4 Å². The highest BCUT2D eigenvalue weighted by atomic mass is 16.5. The van der Waals surface area contributed by atoms with Gasteiger partial charge in [0.2, 0.25) is 17.7 Å². The third-order valence-corrected chi connectivity index (χ3v) is 4.60. The van der Waals surface area contributed by atoms with Crippen molar-refractivity contribution in [1.82, 2.24) is 25.7 Å². The maximum Gasteiger partial charge on any atom is 0.252 e. The summed E-state index contributed by atoms with van der Waals surface area (Å²) in [5.74, 6) is 1.45. The number of aromatic nitrogens is 4. The van der Waals surface area contributed by atoms with Crippen LogP contribution in [0.5, 0.6) is 0 Å². The molecule has 1 N–H and O–H groups in total. The van der Waals surface area contributed by atoms with Crippen LogP contribution in [0.3, 0.4) is 0 Å². The predicted molar refractivity (Wildman–Crippen MR) is 109 cm³/mol. The van der Waals surface area contributed by atoms with Crippen molar-refractivity contribution in [3.63, 3.8) is 0 Å². The molecule has 0 spiro atoms. The molecule has 0 unspecified atom stereocenters. The number of hydrogen-bond acceptors (Lipinski definition) is 7. The van der Waals surface area contributed by atoms with Gasteiger partial charge in [-0.3, -0.25) is 4.79 Å². The van der Waals surface area contributed by atoms with Crippen LogP contribution in [0.2, 0.25) is 0 Å². The lowest BCUT2D eigenvalue weighted by Crippen LogP contribution is -2.41. The molecule has 4 rings (SSSR count). The van der Waals surface area contributed by atoms with Gasteiger partial charge in [0.25, 0.3) is 5.91 Å². The number of amides is 1. The van der Waals surface area contributed by atoms with Gasteiger partial charge in [-0.1, -0.05) is 22.9 Å². The van der Waals surface area contributed by atoms with Crippen LogP contribution in [0.15, 0.2) is 57.5 Å². The van der Waals surface area contributed by atoms with Crippen LogP contribution in [0.1, 0.15) is 41.5 Å². The fraction of sp³-hybridized carbons (Fsp3) is 0.227. The summed E-state index contributed by atoms with van der Waals surface area (Å²) in [6, 6.07) is 14.8. The van der Waals surface area contributed by atoms with E-state index >= 15 is 0 Å². The molecule has 2 aromatic carbocycles. The first-order valence-electron chi connectivity index (χ1n) is 9.46. The van der Waals surface area contributed by atoms with Gasteiger partial charge in [-0.05, 0) is 57.2 Å². The van der Waals surface area contributed by atoms with Crippen LogP contribution in [0, 0.1) is 13.8 Å². The second-order valence-corrected chi connectivity index (χ2v) is 7.58. The summed E-state index contributed by atoms with van der Waals surface area (Å²) in [5.41, 5.74) is 2.42. The molecule has 8 nitrogen and oxygen atoms in total. The Kier molecular flexibility index (Phi) is 4.91. The summed E-state index contributed by atoms with van der Waals surface area (Å²) < 4.78 is 10.8. The summed E-state index contributed by atoms with van der Waals surface area (Å²) in [7, 11) is 0. The van der Waals surface area contributed by atoms with E-state index in [-0.39, 0.29) is 5.91 Å². The molecule has 2 heterocycles. The van der Waals surface area contributed by atoms with Crippen molar-refractivity contribution >= 4 is 5.91 Å². The SMILES string of the molecule is Cc1cccc(-c2nnc(-c3ccc(C(=O)NC(C)(C)c4noc(C)n4)cc3)o2)c1. The van der Waals surface area contributed by atoms with Crippen LogP contribution < -0.4 is 5.32 Å². The van der Waals surface area contributed by atoms with Gasteiger partial charge in [0.05, 0.1) is 5.54 Å². The summed E-state index contributed by atoms with van der Waals surface area (Å²) >= 11 is 0. The van der Waals surface area contributed by atoms with E-state index in [0.29, 0.717) is 29.1 Å². The van der Waals surface area contributed by atoms with E-state index in [2.05, 4.69) is 25.7 Å². The molecule has 0 fully saturated rings. The van der Waals surface area contributed by atoms with Crippen LogP contribution in [0.25, 0.3) is 22.9 Å². The van der Waals surface area contributed by atoms with Gasteiger partial charge in [0.1, 0.15) is 0 Å². The molecule has 0 radical (unpaired) electrons. The second kappa shape index (κ2) is 7.55. The van der Waals surface area contributed by atoms with Crippen molar-refractivity contribution in [3.8, 4) is 22.9 Å². The molecule has 152 valence electrons. The standard InChI is InChI=1S/C22H21N5O3/c1-13-6-5-7-17(12-13)20-26-25-19(29-20)16-10-8-15(9-11-16)18(28)24-22(3,4)21-23-14(2)30-27-21/h5-12H,1-4H3,(H,24,28). The number of hydrogen-bond donors (Lipinski definition) is 1. The summed E-state index contributed by atoms with van der Waals surface area (Å²) in [5, 5.41) is 15.1. The summed E-state index contributed by atoms with van der Waals surface area (Å²) in [6.07, 6.45) is 0. The lowest BCUT2D eigenvalue weighted by molar-refractivity contribution is 0.0907. The first kappa shape index (κ1) is 19.5. The normalized spacial score (nSPS) is 11.5. The van der Waals surface area contributed by atoms with Crippen molar-refractivity contribution < 1.29 is 13.7 Å². The first-order valence-corrected chi connectivity index (χ1v) is 9.46. The lowest BCUT2D eigenvalue weighted by Gasteiger charge is -2.22. The number of rotatable bonds is 5. The fourth-order valence-corrected chi connectivity index (χ4v) is 2.96. The second-order valence-electron chi connectivity index (χ2n) is 7.58. The Morgan fingerprint density at radius 1 is 0.967 bits per heavy atom. The Labute approximate surface area is 173 Å². The molecule has 0 saturated carbocycles. The molecule has 0 atom stereocenters. The van der Waals surface area contributed by atoms with E-state index in [9.17, 15) is 4.79 Å². The van der Waals surface area contributed by atoms with Gasteiger partial charge >= 0.3 is 0 Å². The Bertz CT molecular complexity index is 1190. The minimum absolute atomic E-state index is 0.250. The van der Waals surface area contributed by atoms with Crippen molar-refractivity contribution in [2.24, 2.45) is 0 Å². The van der Waals surface area contributed by atoms with E-state index in [1.807, 2.05) is 45.0 Å². The van der Waals surface area contributed by atoms with E-state index < -0.39 is 5.54 Å². The average Bonchev–Trinajstić information content (AvgIpc) is 3.38. The largest absolute Gasteiger partial charge is 0.416 e. The highest BCUT2D eigenvalue weighted by Crippen LogP contribution is 2.25. The van der Waals surface area contributed by atoms with Crippen LogP contribution >= 0.6 is 0 Å². The molecule has 0 aliphatic rings. The number of aryl methyl sites for hydroxylation is 2. The van der Waals surface area contributed by atoms with Crippen molar-refractivity contribution in [1.29, 1.82) is 0 Å². The third kappa shape index (κ3) is 3.98. The molecule has 0 bridgehead atoms. The highest BCUT2D eigenvalue weighted by molar-refractivity contribution is 5.95. The van der Waals surface area contributed by atoms with Gasteiger partial charge in [-0.25, -0.2) is 0 Å². The molecule has 0 aliphatic heterocycles. The molecule has 4 aromatic rings. The number of carbonyl (C=O) groups excluding carboxylic acids is 1. The number of benzene rings is 2. The number of nitrogens with one attached hydrogen (secondary N) is 1. The van der Waals surface area contributed by atoms with E-state index in [0.717, 1.165) is 16.7 Å². The molecule has 1 amide bonds. The quantitative estimate of drug-likeness (QED) is 0.535. The van der Waals surface area contributed by atoms with Crippen LogP contribution in [0.4, 0.5) is 0 Å². The Hall–Kier alpha value is -3.81. The number of nitrogens with zero attached hydrogens (tertiary/aromatic N) is 4. The smallest absolute Gasteiger partial charge is 0.252 e. The lowest BCUT2D eigenvalue weighted by atomic mass is 10.0. The van der Waals surface area contributed by atoms with Gasteiger partial charge in [-0.15, -0.1) is 10.2 Å². The zero-order chi connectivity index (χ0) is 21.3. The molecule has 8 heteroatoms. The molecular weight excluding hydrogens is 382 g/mol. The van der Waals surface area contributed by atoms with Crippen LogP contribution in [-0.4, -0.2) is 26.2 Å². The third-order valence-electron chi connectivity index (χ3n) is 4.60. The molecule has 0 saturated heterocycles. The Morgan fingerprint density at radius 3 is 2.30 bits per heavy atom. The molecular formula is C22H21N5O3. The van der Waals surface area contributed by atoms with Gasteiger partial charge in [0, 0.05) is 23.6 Å². The molecule has 2 aromatic heterocycles. The maximum absolute atomic E-state index is 12.7. The zero-order valence-corrected chi connectivity index (χ0v) is 17.1. The number of carbonyl (C=O) groups is 1. The summed E-state index contributed by atoms with van der Waals surface area (Å²) in [4.78, 5) is 16.9. The van der Waals surface area contributed by atoms with Gasteiger partial charge in [-0.2, -0.15) is 4.98 Å². The van der Waals surface area contributed by atoms with Crippen molar-refractivity contribution in [2.45, 2.75) is 33.2 Å². The first-order chi connectivity index (χ1) is 14.3. The van der Waals surface area contributed by atoms with Gasteiger partial charge in [0.15, 0.2) is 5.82 Å².